The van der Waals surface area contributed by atoms with Crippen molar-refractivity contribution >= 4 is 45.7 Å². The molecule has 35 heavy (non-hydrogen) atoms. The molecule has 2 unspecified atom stereocenters. The van der Waals surface area contributed by atoms with Crippen molar-refractivity contribution in [2.24, 2.45) is 0 Å². The minimum Gasteiger partial charge on any atom is -0.345 e. The summed E-state index contributed by atoms with van der Waals surface area (Å²) >= 11 is 6.07. The van der Waals surface area contributed by atoms with Gasteiger partial charge >= 0.3 is 0 Å². The summed E-state index contributed by atoms with van der Waals surface area (Å²) in [5.41, 5.74) is 3.26. The van der Waals surface area contributed by atoms with Crippen LogP contribution in [0, 0.1) is 5.82 Å². The number of H-pyrrole nitrogens is 1. The third-order valence-corrected chi connectivity index (χ3v) is 6.78. The fraction of sp³-hybridized carbons (Fsp3) is 0.217. The van der Waals surface area contributed by atoms with Gasteiger partial charge in [0.05, 0.1) is 28.1 Å². The number of nitrogens with one attached hydrogen (secondary N) is 2. The van der Waals surface area contributed by atoms with Gasteiger partial charge in [-0.05, 0) is 65.6 Å². The van der Waals surface area contributed by atoms with Gasteiger partial charge in [-0.1, -0.05) is 11.6 Å². The van der Waals surface area contributed by atoms with Crippen LogP contribution in [0.4, 0.5) is 10.1 Å². The summed E-state index contributed by atoms with van der Waals surface area (Å²) < 4.78 is 16.5. The Balaban J connectivity index is 1.28. The lowest BCUT2D eigenvalue weighted by Gasteiger charge is -2.33. The second kappa shape index (κ2) is 8.27. The molecule has 0 saturated carbocycles. The monoisotopic (exact) mass is 492 g/mol. The van der Waals surface area contributed by atoms with Crippen molar-refractivity contribution in [1.82, 2.24) is 35.1 Å². The molecule has 10 nitrogen and oxygen atoms in total. The first-order chi connectivity index (χ1) is 17.0. The number of rotatable bonds is 4. The summed E-state index contributed by atoms with van der Waals surface area (Å²) in [5.74, 6) is -1.26. The van der Waals surface area contributed by atoms with E-state index >= 15 is 4.39 Å². The maximum Gasteiger partial charge on any atom is 0.247 e. The molecule has 0 radical (unpaired) electrons. The van der Waals surface area contributed by atoms with Crippen molar-refractivity contribution in [2.45, 2.75) is 31.3 Å². The number of carbonyl (C=O) groups is 2. The summed E-state index contributed by atoms with van der Waals surface area (Å²) in [6.45, 7) is 0. The van der Waals surface area contributed by atoms with Gasteiger partial charge in [0.15, 0.2) is 5.82 Å². The van der Waals surface area contributed by atoms with Crippen LogP contribution in [0.1, 0.15) is 24.8 Å². The molecule has 2 N–H and O–H groups in total. The summed E-state index contributed by atoms with van der Waals surface area (Å²) in [7, 11) is 0. The van der Waals surface area contributed by atoms with Crippen molar-refractivity contribution in [3.8, 4) is 5.69 Å². The Bertz CT molecular complexity index is 1500. The highest BCUT2D eigenvalue weighted by atomic mass is 35.5. The highest BCUT2D eigenvalue weighted by Crippen LogP contribution is 2.40. The Kier molecular flexibility index (Phi) is 5.06. The molecule has 4 aromatic rings. The van der Waals surface area contributed by atoms with E-state index in [9.17, 15) is 9.59 Å². The molecule has 0 spiro atoms. The van der Waals surface area contributed by atoms with Crippen molar-refractivity contribution in [1.29, 1.82) is 0 Å². The molecule has 2 aromatic carbocycles. The number of anilines is 1. The molecular formula is C23H18ClFN8O2. The highest BCUT2D eigenvalue weighted by molar-refractivity contribution is 6.31. The van der Waals surface area contributed by atoms with E-state index in [2.05, 4.69) is 30.8 Å². The minimum absolute atomic E-state index is 0.0643. The summed E-state index contributed by atoms with van der Waals surface area (Å²) in [4.78, 5) is 35.1. The van der Waals surface area contributed by atoms with Crippen LogP contribution >= 0.6 is 11.6 Å². The molecule has 1 fully saturated rings. The maximum absolute atomic E-state index is 15.2. The largest absolute Gasteiger partial charge is 0.345 e. The van der Waals surface area contributed by atoms with Gasteiger partial charge in [-0.2, -0.15) is 4.68 Å². The zero-order chi connectivity index (χ0) is 24.1. The van der Waals surface area contributed by atoms with Crippen molar-refractivity contribution in [3.05, 3.63) is 65.5 Å². The first kappa shape index (κ1) is 21.4. The first-order valence-corrected chi connectivity index (χ1v) is 11.4. The third kappa shape index (κ3) is 3.64. The second-order valence-corrected chi connectivity index (χ2v) is 8.91. The van der Waals surface area contributed by atoms with Crippen LogP contribution in [0.3, 0.4) is 0 Å². The van der Waals surface area contributed by atoms with Gasteiger partial charge in [-0.3, -0.25) is 9.59 Å². The van der Waals surface area contributed by atoms with Crippen LogP contribution in [-0.2, 0) is 9.59 Å². The molecule has 12 heteroatoms. The van der Waals surface area contributed by atoms with E-state index < -0.39 is 11.9 Å². The lowest BCUT2D eigenvalue weighted by molar-refractivity contribution is -0.135. The Morgan fingerprint density at radius 3 is 2.94 bits per heavy atom. The number of fused-ring (bicyclic) bond motifs is 2. The Morgan fingerprint density at radius 2 is 2.11 bits per heavy atom. The lowest BCUT2D eigenvalue weighted by Crippen LogP contribution is -2.48. The van der Waals surface area contributed by atoms with E-state index in [1.807, 2.05) is 6.07 Å². The fourth-order valence-electron chi connectivity index (χ4n) is 4.93. The minimum atomic E-state index is -0.645. The van der Waals surface area contributed by atoms with Crippen LogP contribution in [0.15, 0.2) is 49.1 Å². The Hall–Kier alpha value is -4.12. The van der Waals surface area contributed by atoms with Gasteiger partial charge in [-0.25, -0.2) is 9.37 Å². The molecular weight excluding hydrogens is 475 g/mol. The molecule has 4 heterocycles. The highest BCUT2D eigenvalue weighted by Gasteiger charge is 2.43. The summed E-state index contributed by atoms with van der Waals surface area (Å²) in [5, 5.41) is 13.9. The number of aromatic amines is 1. The normalized spacial score (nSPS) is 19.7. The maximum atomic E-state index is 15.2. The predicted molar refractivity (Wildman–Crippen MR) is 125 cm³/mol. The number of benzene rings is 2. The number of halogens is 2. The molecule has 1 saturated heterocycles. The molecule has 2 amide bonds. The van der Waals surface area contributed by atoms with Crippen LogP contribution in [0.25, 0.3) is 22.3 Å². The van der Waals surface area contributed by atoms with Crippen molar-refractivity contribution in [3.63, 3.8) is 0 Å². The standard InChI is InChI=1S/C23H18ClFN8O2/c24-15-3-6-18(32-11-28-30-31-32)21(22(15)25)12-7-14-2-5-19(33(14)20(34)8-12)23(35)29-13-1-4-16-17(9-13)27-10-26-16/h1,3-4,6,8-11,14,19H,2,5,7H2,(H,26,27)(H,29,35). The van der Waals surface area contributed by atoms with Crippen LogP contribution in [-0.4, -0.2) is 59.0 Å². The first-order valence-electron chi connectivity index (χ1n) is 11.0. The van der Waals surface area contributed by atoms with E-state index in [1.165, 1.54) is 23.2 Å². The number of imidazole rings is 1. The van der Waals surface area contributed by atoms with Crippen LogP contribution < -0.4 is 5.32 Å². The van der Waals surface area contributed by atoms with E-state index in [-0.39, 0.29) is 28.4 Å². The van der Waals surface area contributed by atoms with E-state index in [0.717, 1.165) is 11.0 Å². The summed E-state index contributed by atoms with van der Waals surface area (Å²) in [6.07, 6.45) is 5.81. The average Bonchev–Trinajstić information content (AvgIpc) is 3.61. The molecule has 2 aliphatic heterocycles. The number of amides is 2. The quantitative estimate of drug-likeness (QED) is 0.451. The summed E-state index contributed by atoms with van der Waals surface area (Å²) in [6, 6.07) is 7.54. The number of hydrogen-bond donors (Lipinski definition) is 2. The zero-order valence-corrected chi connectivity index (χ0v) is 18.9. The lowest BCUT2D eigenvalue weighted by atomic mass is 9.92. The number of hydrogen-bond acceptors (Lipinski definition) is 6. The number of nitrogens with zero attached hydrogens (tertiary/aromatic N) is 6. The Labute approximate surface area is 202 Å². The fourth-order valence-corrected chi connectivity index (χ4v) is 5.09. The van der Waals surface area contributed by atoms with Gasteiger partial charge in [0.2, 0.25) is 11.8 Å². The Morgan fingerprint density at radius 1 is 1.23 bits per heavy atom. The average molecular weight is 493 g/mol. The van der Waals surface area contributed by atoms with Gasteiger partial charge in [0.25, 0.3) is 0 Å². The smallest absolute Gasteiger partial charge is 0.247 e. The van der Waals surface area contributed by atoms with Crippen molar-refractivity contribution < 1.29 is 14.0 Å². The van der Waals surface area contributed by atoms with Crippen molar-refractivity contribution in [2.75, 3.05) is 5.32 Å². The number of tetrazole rings is 1. The molecule has 2 aliphatic rings. The van der Waals surface area contributed by atoms with Crippen LogP contribution in [0.2, 0.25) is 5.02 Å². The third-order valence-electron chi connectivity index (χ3n) is 6.49. The SMILES string of the molecule is O=C(Nc1ccc2nc[nH]c2c1)C1CCC2CC(c3c(-n4cnnn4)ccc(Cl)c3F)=CC(=O)N21. The molecule has 176 valence electrons. The zero-order valence-electron chi connectivity index (χ0n) is 18.2. The van der Waals surface area contributed by atoms with Gasteiger partial charge in [0, 0.05) is 23.4 Å². The van der Waals surface area contributed by atoms with Gasteiger partial charge in [0.1, 0.15) is 12.4 Å². The topological polar surface area (TPSA) is 122 Å². The second-order valence-electron chi connectivity index (χ2n) is 8.50. The molecule has 6 rings (SSSR count). The molecule has 0 bridgehead atoms. The van der Waals surface area contributed by atoms with Gasteiger partial charge < -0.3 is 15.2 Å². The molecule has 2 aromatic heterocycles. The van der Waals surface area contributed by atoms with Crippen LogP contribution in [0.5, 0.6) is 0 Å². The van der Waals surface area contributed by atoms with E-state index in [1.54, 1.807) is 29.4 Å². The number of aromatic nitrogens is 6. The molecule has 2 atom stereocenters. The number of carbonyl (C=O) groups excluding carboxylic acids is 2. The van der Waals surface area contributed by atoms with Gasteiger partial charge in [-0.15, -0.1) is 5.10 Å². The van der Waals surface area contributed by atoms with E-state index in [4.69, 9.17) is 11.6 Å². The van der Waals surface area contributed by atoms with E-state index in [0.29, 0.717) is 36.2 Å². The predicted octanol–water partition coefficient (Wildman–Crippen LogP) is 3.12. The molecule has 0 aliphatic carbocycles.